The minimum atomic E-state index is -3.41. The van der Waals surface area contributed by atoms with Crippen molar-refractivity contribution in [2.24, 2.45) is 0 Å². The summed E-state index contributed by atoms with van der Waals surface area (Å²) in [5.41, 5.74) is 0.780. The molecule has 16 heavy (non-hydrogen) atoms. The minimum Gasteiger partial charge on any atom is -0.267 e. The van der Waals surface area contributed by atoms with Crippen molar-refractivity contribution in [1.82, 2.24) is 4.98 Å². The van der Waals surface area contributed by atoms with Crippen LogP contribution in [-0.2, 0) is 10.0 Å². The molecule has 0 bridgehead atoms. The largest absolute Gasteiger partial charge is 0.267 e. The number of rotatable bonds is 2. The van der Waals surface area contributed by atoms with E-state index in [-0.39, 0.29) is 0 Å². The van der Waals surface area contributed by atoms with E-state index in [0.717, 1.165) is 10.0 Å². The zero-order chi connectivity index (χ0) is 12.6. The van der Waals surface area contributed by atoms with Crippen LogP contribution in [0.25, 0.3) is 0 Å². The monoisotopic (exact) mass is 306 g/mol. The first-order valence-corrected chi connectivity index (χ1v) is 7.05. The van der Waals surface area contributed by atoms with Crippen molar-refractivity contribution in [3.8, 4) is 0 Å². The highest BCUT2D eigenvalue weighted by Crippen LogP contribution is 2.22. The zero-order valence-corrected chi connectivity index (χ0v) is 12.1. The molecule has 1 heterocycles. The molecule has 0 amide bonds. The average molecular weight is 307 g/mol. The third-order valence-corrected chi connectivity index (χ3v) is 4.59. The molecule has 0 radical (unpaired) electrons. The summed E-state index contributed by atoms with van der Waals surface area (Å²) >= 11 is 3.28. The summed E-state index contributed by atoms with van der Waals surface area (Å²) in [6.07, 6.45) is 1.56. The quantitative estimate of drug-likeness (QED) is 0.914. The lowest BCUT2D eigenvalue weighted by Crippen LogP contribution is -2.34. The highest BCUT2D eigenvalue weighted by molar-refractivity contribution is 9.10. The summed E-state index contributed by atoms with van der Waals surface area (Å²) in [5, 5.41) is 0. The van der Waals surface area contributed by atoms with Gasteiger partial charge in [0.05, 0.1) is 4.75 Å². The molecule has 0 unspecified atom stereocenters. The number of nitrogens with one attached hydrogen (secondary N) is 1. The van der Waals surface area contributed by atoms with Gasteiger partial charge in [0.2, 0.25) is 10.0 Å². The lowest BCUT2D eigenvalue weighted by Gasteiger charge is -2.20. The minimum absolute atomic E-state index is 0.373. The number of hydrogen-bond acceptors (Lipinski definition) is 3. The van der Waals surface area contributed by atoms with Gasteiger partial charge in [-0.3, -0.25) is 4.72 Å². The fraction of sp³-hybridized carbons (Fsp3) is 0.500. The van der Waals surface area contributed by atoms with Crippen LogP contribution in [0.2, 0.25) is 0 Å². The number of nitrogens with zero attached hydrogens (tertiary/aromatic N) is 1. The number of aromatic nitrogens is 1. The predicted octanol–water partition coefficient (Wildman–Crippen LogP) is 2.69. The van der Waals surface area contributed by atoms with Crippen molar-refractivity contribution in [3.63, 3.8) is 0 Å². The van der Waals surface area contributed by atoms with Gasteiger partial charge < -0.3 is 0 Å². The SMILES string of the molecule is Cc1cc(Br)cnc1NS(=O)(=O)C(C)(C)C. The molecule has 0 aliphatic carbocycles. The first kappa shape index (κ1) is 13.4. The maximum absolute atomic E-state index is 11.9. The molecule has 0 atom stereocenters. The van der Waals surface area contributed by atoms with Crippen LogP contribution >= 0.6 is 15.9 Å². The zero-order valence-electron chi connectivity index (χ0n) is 9.70. The molecule has 1 aromatic heterocycles. The van der Waals surface area contributed by atoms with E-state index < -0.39 is 14.8 Å². The molecule has 0 saturated heterocycles. The summed E-state index contributed by atoms with van der Waals surface area (Å²) < 4.78 is 26.3. The fourth-order valence-corrected chi connectivity index (χ4v) is 2.15. The van der Waals surface area contributed by atoms with E-state index in [4.69, 9.17) is 0 Å². The molecule has 1 aromatic rings. The Labute approximate surface area is 105 Å². The number of anilines is 1. The summed E-state index contributed by atoms with van der Waals surface area (Å²) in [4.78, 5) is 4.04. The average Bonchev–Trinajstić information content (AvgIpc) is 2.08. The lowest BCUT2D eigenvalue weighted by molar-refractivity contribution is 0.565. The van der Waals surface area contributed by atoms with Crippen LogP contribution in [0.1, 0.15) is 26.3 Å². The Balaban J connectivity index is 3.07. The summed E-state index contributed by atoms with van der Waals surface area (Å²) in [5.74, 6) is 0.373. The third kappa shape index (κ3) is 2.95. The van der Waals surface area contributed by atoms with Crippen LogP contribution in [0.15, 0.2) is 16.7 Å². The van der Waals surface area contributed by atoms with Gasteiger partial charge in [-0.05, 0) is 55.3 Å². The van der Waals surface area contributed by atoms with E-state index in [1.54, 1.807) is 33.9 Å². The van der Waals surface area contributed by atoms with Crippen LogP contribution in [0.3, 0.4) is 0 Å². The molecule has 0 aliphatic heterocycles. The number of sulfonamides is 1. The Bertz CT molecular complexity index is 492. The molecule has 1 rings (SSSR count). The Morgan fingerprint density at radius 1 is 1.38 bits per heavy atom. The second kappa shape index (κ2) is 4.33. The molecule has 4 nitrogen and oxygen atoms in total. The van der Waals surface area contributed by atoms with Crippen LogP contribution in [0.4, 0.5) is 5.82 Å². The van der Waals surface area contributed by atoms with Crippen molar-refractivity contribution in [2.45, 2.75) is 32.4 Å². The molecular weight excluding hydrogens is 292 g/mol. The van der Waals surface area contributed by atoms with Gasteiger partial charge in [0.25, 0.3) is 0 Å². The molecule has 0 spiro atoms. The Morgan fingerprint density at radius 2 is 1.94 bits per heavy atom. The predicted molar refractivity (Wildman–Crippen MR) is 69.0 cm³/mol. The van der Waals surface area contributed by atoms with E-state index >= 15 is 0 Å². The van der Waals surface area contributed by atoms with Gasteiger partial charge in [0.1, 0.15) is 5.82 Å². The van der Waals surface area contributed by atoms with E-state index in [2.05, 4.69) is 25.6 Å². The number of pyridine rings is 1. The van der Waals surface area contributed by atoms with Crippen molar-refractivity contribution < 1.29 is 8.42 Å². The highest BCUT2D eigenvalue weighted by atomic mass is 79.9. The maximum atomic E-state index is 11.9. The van der Waals surface area contributed by atoms with Crippen molar-refractivity contribution in [1.29, 1.82) is 0 Å². The second-order valence-electron chi connectivity index (χ2n) is 4.54. The molecule has 0 saturated carbocycles. The fourth-order valence-electron chi connectivity index (χ4n) is 0.928. The molecule has 0 aromatic carbocycles. The van der Waals surface area contributed by atoms with Crippen molar-refractivity contribution in [2.75, 3.05) is 4.72 Å². The summed E-state index contributed by atoms with van der Waals surface area (Å²) in [6.45, 7) is 6.73. The van der Waals surface area contributed by atoms with Gasteiger partial charge in [-0.2, -0.15) is 0 Å². The first-order valence-electron chi connectivity index (χ1n) is 4.78. The van der Waals surface area contributed by atoms with Gasteiger partial charge in [0, 0.05) is 10.7 Å². The van der Waals surface area contributed by atoms with Gasteiger partial charge in [-0.25, -0.2) is 13.4 Å². The summed E-state index contributed by atoms with van der Waals surface area (Å²) in [6, 6.07) is 1.81. The normalized spacial score (nSPS) is 12.6. The van der Waals surface area contributed by atoms with Gasteiger partial charge >= 0.3 is 0 Å². The number of aryl methyl sites for hydroxylation is 1. The lowest BCUT2D eigenvalue weighted by atomic mass is 10.3. The first-order chi connectivity index (χ1) is 7.13. The third-order valence-electron chi connectivity index (χ3n) is 2.08. The topological polar surface area (TPSA) is 59.1 Å². The Kier molecular flexibility index (Phi) is 3.64. The van der Waals surface area contributed by atoms with Crippen molar-refractivity contribution >= 4 is 31.8 Å². The van der Waals surface area contributed by atoms with Crippen molar-refractivity contribution in [3.05, 3.63) is 22.3 Å². The van der Waals surface area contributed by atoms with E-state index in [1.807, 2.05) is 6.07 Å². The Morgan fingerprint density at radius 3 is 2.38 bits per heavy atom. The standard InChI is InChI=1S/C10H15BrN2O2S/c1-7-5-8(11)6-12-9(7)13-16(14,15)10(2,3)4/h5-6H,1-4H3,(H,12,13). The highest BCUT2D eigenvalue weighted by Gasteiger charge is 2.29. The van der Waals surface area contributed by atoms with Crippen LogP contribution in [-0.4, -0.2) is 18.1 Å². The van der Waals surface area contributed by atoms with E-state index in [0.29, 0.717) is 5.82 Å². The van der Waals surface area contributed by atoms with Gasteiger partial charge in [-0.1, -0.05) is 0 Å². The van der Waals surface area contributed by atoms with Crippen LogP contribution in [0.5, 0.6) is 0 Å². The molecule has 6 heteroatoms. The Hall–Kier alpha value is -0.620. The molecule has 90 valence electrons. The second-order valence-corrected chi connectivity index (χ2v) is 7.89. The van der Waals surface area contributed by atoms with Gasteiger partial charge in [0.15, 0.2) is 0 Å². The van der Waals surface area contributed by atoms with E-state index in [1.165, 1.54) is 0 Å². The molecule has 1 N–H and O–H groups in total. The van der Waals surface area contributed by atoms with E-state index in [9.17, 15) is 8.42 Å². The smallest absolute Gasteiger partial charge is 0.238 e. The number of hydrogen-bond donors (Lipinski definition) is 1. The summed E-state index contributed by atoms with van der Waals surface area (Å²) in [7, 11) is -3.41. The molecule has 0 aliphatic rings. The maximum Gasteiger partial charge on any atom is 0.238 e. The number of halogens is 1. The van der Waals surface area contributed by atoms with Gasteiger partial charge in [-0.15, -0.1) is 0 Å². The van der Waals surface area contributed by atoms with Crippen LogP contribution < -0.4 is 4.72 Å². The molecular formula is C10H15BrN2O2S. The van der Waals surface area contributed by atoms with Crippen LogP contribution in [0, 0.1) is 6.92 Å². The molecule has 0 fully saturated rings.